The average Bonchev–Trinajstić information content (AvgIpc) is 3.21. The van der Waals surface area contributed by atoms with E-state index in [-0.39, 0.29) is 23.9 Å². The number of benzene rings is 1. The smallest absolute Gasteiger partial charge is 0.322 e. The Hall–Kier alpha value is -1.95. The first kappa shape index (κ1) is 14.6. The molecule has 1 saturated heterocycles. The molecule has 1 aliphatic carbocycles. The predicted octanol–water partition coefficient (Wildman–Crippen LogP) is 2.02. The summed E-state index contributed by atoms with van der Waals surface area (Å²) in [5.74, 6) is 1.03. The Kier molecular flexibility index (Phi) is 3.56. The van der Waals surface area contributed by atoms with Crippen LogP contribution in [0.5, 0.6) is 5.75 Å². The number of likely N-dealkylation sites (tertiary alicyclic amines) is 1. The summed E-state index contributed by atoms with van der Waals surface area (Å²) < 4.78 is 5.58. The maximum Gasteiger partial charge on any atom is 0.322 e. The molecule has 0 aromatic heterocycles. The van der Waals surface area contributed by atoms with Gasteiger partial charge in [-0.2, -0.15) is 0 Å². The Balaban J connectivity index is 1.34. The molecule has 7 heteroatoms. The van der Waals surface area contributed by atoms with E-state index in [4.69, 9.17) is 16.3 Å². The Morgan fingerprint density at radius 3 is 2.78 bits per heavy atom. The van der Waals surface area contributed by atoms with Crippen LogP contribution in [0, 0.1) is 5.92 Å². The van der Waals surface area contributed by atoms with Crippen LogP contribution in [0.15, 0.2) is 12.1 Å². The van der Waals surface area contributed by atoms with Crippen molar-refractivity contribution in [1.29, 1.82) is 0 Å². The highest BCUT2D eigenvalue weighted by atomic mass is 35.5. The van der Waals surface area contributed by atoms with Crippen molar-refractivity contribution in [3.63, 3.8) is 0 Å². The van der Waals surface area contributed by atoms with E-state index in [2.05, 4.69) is 10.6 Å². The molecule has 1 saturated carbocycles. The summed E-state index contributed by atoms with van der Waals surface area (Å²) in [7, 11) is 0. The first-order valence-corrected chi connectivity index (χ1v) is 8.29. The minimum Gasteiger partial charge on any atom is -0.491 e. The van der Waals surface area contributed by atoms with Crippen molar-refractivity contribution < 1.29 is 14.3 Å². The van der Waals surface area contributed by atoms with Crippen LogP contribution in [0.2, 0.25) is 5.02 Å². The highest BCUT2D eigenvalue weighted by Crippen LogP contribution is 2.37. The number of halogens is 1. The Morgan fingerprint density at radius 1 is 1.26 bits per heavy atom. The van der Waals surface area contributed by atoms with Crippen LogP contribution in [0.4, 0.5) is 10.5 Å². The van der Waals surface area contributed by atoms with Crippen molar-refractivity contribution in [2.24, 2.45) is 5.92 Å². The molecular weight excluding hydrogens is 318 g/mol. The molecule has 4 rings (SSSR count). The molecule has 3 amide bonds. The normalized spacial score (nSPS) is 19.6. The van der Waals surface area contributed by atoms with Gasteiger partial charge < -0.3 is 20.3 Å². The number of carbonyl (C=O) groups excluding carboxylic acids is 2. The molecule has 3 aliphatic rings. The van der Waals surface area contributed by atoms with Gasteiger partial charge in [0.1, 0.15) is 5.75 Å². The summed E-state index contributed by atoms with van der Waals surface area (Å²) in [6, 6.07) is 3.44. The summed E-state index contributed by atoms with van der Waals surface area (Å²) in [6.45, 7) is 1.68. The number of ether oxygens (including phenoxy) is 1. The topological polar surface area (TPSA) is 70.7 Å². The van der Waals surface area contributed by atoms with Crippen LogP contribution in [0.3, 0.4) is 0 Å². The molecule has 0 atom stereocenters. The quantitative estimate of drug-likeness (QED) is 0.887. The zero-order valence-electron chi connectivity index (χ0n) is 12.6. The maximum atomic E-state index is 12.3. The lowest BCUT2D eigenvalue weighted by Crippen LogP contribution is -2.62. The van der Waals surface area contributed by atoms with Crippen LogP contribution in [-0.2, 0) is 11.2 Å². The third-order valence-electron chi connectivity index (χ3n) is 4.45. The molecule has 6 nitrogen and oxygen atoms in total. The van der Waals surface area contributed by atoms with Crippen molar-refractivity contribution in [2.75, 3.05) is 25.0 Å². The van der Waals surface area contributed by atoms with Gasteiger partial charge in [0.25, 0.3) is 0 Å². The molecule has 2 heterocycles. The number of fused-ring (bicyclic) bond motifs is 1. The fourth-order valence-electron chi connectivity index (χ4n) is 2.96. The van der Waals surface area contributed by atoms with Crippen molar-refractivity contribution in [1.82, 2.24) is 10.2 Å². The van der Waals surface area contributed by atoms with E-state index in [1.807, 2.05) is 6.07 Å². The van der Waals surface area contributed by atoms with Crippen LogP contribution in [0.1, 0.15) is 18.4 Å². The van der Waals surface area contributed by atoms with E-state index in [1.165, 1.54) is 0 Å². The van der Waals surface area contributed by atoms with Crippen LogP contribution >= 0.6 is 11.6 Å². The van der Waals surface area contributed by atoms with Gasteiger partial charge in [-0.05, 0) is 25.0 Å². The van der Waals surface area contributed by atoms with Crippen molar-refractivity contribution in [3.05, 3.63) is 22.7 Å². The van der Waals surface area contributed by atoms with Gasteiger partial charge in [-0.25, -0.2) is 4.79 Å². The molecule has 0 spiro atoms. The lowest BCUT2D eigenvalue weighted by molar-refractivity contribution is -0.123. The maximum absolute atomic E-state index is 12.3. The molecule has 0 bridgehead atoms. The van der Waals surface area contributed by atoms with Gasteiger partial charge >= 0.3 is 6.03 Å². The number of carbonyl (C=O) groups is 2. The Morgan fingerprint density at radius 2 is 2.04 bits per heavy atom. The van der Waals surface area contributed by atoms with Crippen molar-refractivity contribution >= 4 is 29.2 Å². The van der Waals surface area contributed by atoms with Gasteiger partial charge in [-0.3, -0.25) is 4.79 Å². The largest absolute Gasteiger partial charge is 0.491 e. The molecule has 23 heavy (non-hydrogen) atoms. The van der Waals surface area contributed by atoms with Gasteiger partial charge in [-0.1, -0.05) is 11.6 Å². The van der Waals surface area contributed by atoms with Crippen molar-refractivity contribution in [2.45, 2.75) is 25.3 Å². The van der Waals surface area contributed by atoms with Gasteiger partial charge in [-0.15, -0.1) is 0 Å². The van der Waals surface area contributed by atoms with E-state index in [0.717, 1.165) is 24.8 Å². The average molecular weight is 336 g/mol. The minimum atomic E-state index is -0.193. The zero-order valence-corrected chi connectivity index (χ0v) is 13.4. The summed E-state index contributed by atoms with van der Waals surface area (Å²) in [5, 5.41) is 6.42. The van der Waals surface area contributed by atoms with Crippen LogP contribution in [-0.4, -0.2) is 42.6 Å². The number of nitrogens with one attached hydrogen (secondary N) is 2. The second kappa shape index (κ2) is 5.60. The highest BCUT2D eigenvalue weighted by Gasteiger charge is 2.36. The van der Waals surface area contributed by atoms with E-state index in [9.17, 15) is 9.59 Å². The van der Waals surface area contributed by atoms with Gasteiger partial charge in [0.15, 0.2) is 0 Å². The van der Waals surface area contributed by atoms with Crippen molar-refractivity contribution in [3.8, 4) is 5.75 Å². The summed E-state index contributed by atoms with van der Waals surface area (Å²) >= 11 is 6.09. The summed E-state index contributed by atoms with van der Waals surface area (Å²) in [5.41, 5.74) is 1.63. The molecule has 2 fully saturated rings. The monoisotopic (exact) mass is 335 g/mol. The van der Waals surface area contributed by atoms with E-state index < -0.39 is 0 Å². The minimum absolute atomic E-state index is 0.0650. The number of amides is 3. The first-order valence-electron chi connectivity index (χ1n) is 7.91. The SMILES string of the molecule is O=C(NC1CN(C(=O)Nc2cc(Cl)cc3c2OCC3)C1)C1CC1. The molecule has 2 aliphatic heterocycles. The Labute approximate surface area is 139 Å². The Bertz CT molecular complexity index is 669. The van der Waals surface area contributed by atoms with Crippen LogP contribution < -0.4 is 15.4 Å². The molecule has 2 N–H and O–H groups in total. The lowest BCUT2D eigenvalue weighted by atomic mass is 10.1. The third kappa shape index (κ3) is 2.95. The molecular formula is C16H18ClN3O3. The van der Waals surface area contributed by atoms with Gasteiger partial charge in [0.2, 0.25) is 5.91 Å². The molecule has 0 radical (unpaired) electrons. The fraction of sp³-hybridized carbons (Fsp3) is 0.500. The number of hydrogen-bond donors (Lipinski definition) is 2. The third-order valence-corrected chi connectivity index (χ3v) is 4.67. The molecule has 1 aromatic rings. The highest BCUT2D eigenvalue weighted by molar-refractivity contribution is 6.31. The second-order valence-electron chi connectivity index (χ2n) is 6.35. The molecule has 122 valence electrons. The number of urea groups is 1. The fourth-order valence-corrected chi connectivity index (χ4v) is 3.20. The van der Waals surface area contributed by atoms with E-state index in [0.29, 0.717) is 36.2 Å². The van der Waals surface area contributed by atoms with Gasteiger partial charge in [0.05, 0.1) is 18.3 Å². The predicted molar refractivity (Wildman–Crippen MR) is 85.9 cm³/mol. The van der Waals surface area contributed by atoms with E-state index in [1.54, 1.807) is 11.0 Å². The molecule has 1 aromatic carbocycles. The van der Waals surface area contributed by atoms with E-state index >= 15 is 0 Å². The van der Waals surface area contributed by atoms with Gasteiger partial charge in [0, 0.05) is 36.0 Å². The molecule has 0 unspecified atom stereocenters. The second-order valence-corrected chi connectivity index (χ2v) is 6.79. The standard InChI is InChI=1S/C16H18ClN3O3/c17-11-5-10-3-4-23-14(10)13(6-11)19-16(22)20-7-12(8-20)18-15(21)9-1-2-9/h5-6,9,12H,1-4,7-8H2,(H,18,21)(H,19,22). The number of hydrogen-bond acceptors (Lipinski definition) is 3. The zero-order chi connectivity index (χ0) is 16.0. The summed E-state index contributed by atoms with van der Waals surface area (Å²) in [6.07, 6.45) is 2.78. The number of nitrogens with zero attached hydrogens (tertiary/aromatic N) is 1. The number of anilines is 1. The number of rotatable bonds is 3. The first-order chi connectivity index (χ1) is 11.1. The lowest BCUT2D eigenvalue weighted by Gasteiger charge is -2.39. The summed E-state index contributed by atoms with van der Waals surface area (Å²) in [4.78, 5) is 25.6. The van der Waals surface area contributed by atoms with Crippen LogP contribution in [0.25, 0.3) is 0 Å².